The summed E-state index contributed by atoms with van der Waals surface area (Å²) in [6, 6.07) is 4.58. The number of aromatic nitrogens is 1. The number of hydrogen-bond donors (Lipinski definition) is 2. The van der Waals surface area contributed by atoms with Crippen molar-refractivity contribution in [3.63, 3.8) is 0 Å². The predicted octanol–water partition coefficient (Wildman–Crippen LogP) is 1.66. The van der Waals surface area contributed by atoms with Crippen molar-refractivity contribution < 1.29 is 4.92 Å². The molecule has 1 aromatic heterocycles. The Labute approximate surface area is 73.3 Å². The summed E-state index contributed by atoms with van der Waals surface area (Å²) in [5.74, 6) is 0.457. The minimum Gasteiger partial charge on any atom is -0.385 e. The van der Waals surface area contributed by atoms with Crippen LogP contribution in [0.1, 0.15) is 0 Å². The molecule has 0 spiro atoms. The predicted molar refractivity (Wildman–Crippen MR) is 49.4 cm³/mol. The molecule has 1 aromatic carbocycles. The van der Waals surface area contributed by atoms with Crippen LogP contribution in [-0.2, 0) is 0 Å². The molecule has 13 heavy (non-hydrogen) atoms. The number of nitro benzene ring substituents is 1. The van der Waals surface area contributed by atoms with Gasteiger partial charge >= 0.3 is 0 Å². The fraction of sp³-hybridized carbons (Fsp3) is 0. The maximum atomic E-state index is 10.4. The molecule has 66 valence electrons. The molecule has 0 aliphatic heterocycles. The summed E-state index contributed by atoms with van der Waals surface area (Å²) in [4.78, 5) is 12.8. The number of nitrogens with zero attached hydrogens (tertiary/aromatic N) is 1. The molecule has 0 bridgehead atoms. The standard InChI is InChI=1S/C8H7N3O2/c9-8-7-3-6(11(12)13)2-1-5(7)4-10-8/h1-4,10H,9H2. The molecule has 0 unspecified atom stereocenters. The summed E-state index contributed by atoms with van der Waals surface area (Å²) >= 11 is 0. The Morgan fingerprint density at radius 3 is 2.92 bits per heavy atom. The van der Waals surface area contributed by atoms with Crippen LogP contribution in [0.4, 0.5) is 11.5 Å². The fourth-order valence-electron chi connectivity index (χ4n) is 1.25. The molecule has 0 amide bonds. The van der Waals surface area contributed by atoms with Crippen LogP contribution in [0.3, 0.4) is 0 Å². The van der Waals surface area contributed by atoms with Crippen molar-refractivity contribution in [3.8, 4) is 0 Å². The molecular formula is C8H7N3O2. The van der Waals surface area contributed by atoms with E-state index in [-0.39, 0.29) is 5.69 Å². The first-order chi connectivity index (χ1) is 6.18. The van der Waals surface area contributed by atoms with Gasteiger partial charge in [0.25, 0.3) is 5.69 Å². The maximum absolute atomic E-state index is 10.4. The minimum absolute atomic E-state index is 0.0544. The van der Waals surface area contributed by atoms with E-state index in [4.69, 9.17) is 5.73 Å². The van der Waals surface area contributed by atoms with Gasteiger partial charge in [-0.3, -0.25) is 10.1 Å². The number of hydrogen-bond acceptors (Lipinski definition) is 3. The highest BCUT2D eigenvalue weighted by atomic mass is 16.6. The third kappa shape index (κ3) is 1.10. The van der Waals surface area contributed by atoms with E-state index >= 15 is 0 Å². The van der Waals surface area contributed by atoms with Gasteiger partial charge in [0.1, 0.15) is 5.82 Å². The normalized spacial score (nSPS) is 10.5. The van der Waals surface area contributed by atoms with Crippen molar-refractivity contribution in [3.05, 3.63) is 34.5 Å². The molecule has 0 aliphatic carbocycles. The SMILES string of the molecule is Nc1[nH]cc2ccc([N+](=O)[O-])cc12. The van der Waals surface area contributed by atoms with Crippen LogP contribution < -0.4 is 5.73 Å². The quantitative estimate of drug-likeness (QED) is 0.513. The minimum atomic E-state index is -0.439. The number of nitrogen functional groups attached to an aromatic ring is 1. The lowest BCUT2D eigenvalue weighted by molar-refractivity contribution is -0.384. The number of fused-ring (bicyclic) bond motifs is 1. The Balaban J connectivity index is 2.72. The first kappa shape index (κ1) is 7.60. The van der Waals surface area contributed by atoms with Gasteiger partial charge in [-0.25, -0.2) is 0 Å². The molecule has 0 saturated carbocycles. The van der Waals surface area contributed by atoms with Crippen LogP contribution in [-0.4, -0.2) is 9.91 Å². The molecule has 2 rings (SSSR count). The molecule has 2 aromatic rings. The van der Waals surface area contributed by atoms with Gasteiger partial charge in [-0.15, -0.1) is 0 Å². The van der Waals surface area contributed by atoms with Crippen molar-refractivity contribution in [1.82, 2.24) is 4.98 Å². The second kappa shape index (κ2) is 2.48. The topological polar surface area (TPSA) is 85.0 Å². The number of nitrogens with one attached hydrogen (secondary N) is 1. The second-order valence-electron chi connectivity index (χ2n) is 2.73. The number of H-pyrrole nitrogens is 1. The number of non-ortho nitro benzene ring substituents is 1. The number of rotatable bonds is 1. The highest BCUT2D eigenvalue weighted by molar-refractivity contribution is 5.93. The van der Waals surface area contributed by atoms with Crippen molar-refractivity contribution in [1.29, 1.82) is 0 Å². The summed E-state index contributed by atoms with van der Waals surface area (Å²) in [5.41, 5.74) is 5.62. The average Bonchev–Trinajstić information content (AvgIpc) is 2.47. The third-order valence-electron chi connectivity index (χ3n) is 1.92. The van der Waals surface area contributed by atoms with Gasteiger partial charge in [0.05, 0.1) is 4.92 Å². The molecule has 0 fully saturated rings. The molecule has 1 heterocycles. The zero-order valence-corrected chi connectivity index (χ0v) is 6.65. The summed E-state index contributed by atoms with van der Waals surface area (Å²) in [7, 11) is 0. The number of benzene rings is 1. The summed E-state index contributed by atoms with van der Waals surface area (Å²) < 4.78 is 0. The van der Waals surface area contributed by atoms with Gasteiger partial charge in [-0.05, 0) is 6.07 Å². The van der Waals surface area contributed by atoms with Crippen LogP contribution in [0.2, 0.25) is 0 Å². The molecular weight excluding hydrogens is 170 g/mol. The zero-order valence-electron chi connectivity index (χ0n) is 6.65. The summed E-state index contributed by atoms with van der Waals surface area (Å²) in [6.07, 6.45) is 1.72. The lowest BCUT2D eigenvalue weighted by Gasteiger charge is -1.92. The molecule has 0 radical (unpaired) electrons. The van der Waals surface area contributed by atoms with Gasteiger partial charge in [-0.1, -0.05) is 0 Å². The lowest BCUT2D eigenvalue weighted by atomic mass is 10.2. The van der Waals surface area contributed by atoms with Crippen molar-refractivity contribution in [2.24, 2.45) is 0 Å². The monoisotopic (exact) mass is 177 g/mol. The number of anilines is 1. The Hall–Kier alpha value is -2.04. The molecule has 5 heteroatoms. The second-order valence-corrected chi connectivity index (χ2v) is 2.73. The van der Waals surface area contributed by atoms with Crippen LogP contribution in [0.25, 0.3) is 10.8 Å². The average molecular weight is 177 g/mol. The van der Waals surface area contributed by atoms with E-state index in [1.54, 1.807) is 12.3 Å². The van der Waals surface area contributed by atoms with E-state index in [0.29, 0.717) is 11.2 Å². The number of nitrogens with two attached hydrogens (primary N) is 1. The Kier molecular flexibility index (Phi) is 1.45. The molecule has 0 atom stereocenters. The van der Waals surface area contributed by atoms with E-state index < -0.39 is 4.92 Å². The third-order valence-corrected chi connectivity index (χ3v) is 1.92. The van der Waals surface area contributed by atoms with Crippen LogP contribution >= 0.6 is 0 Å². The van der Waals surface area contributed by atoms with Crippen molar-refractivity contribution in [2.45, 2.75) is 0 Å². The Bertz CT molecular complexity index is 475. The fourth-order valence-corrected chi connectivity index (χ4v) is 1.25. The van der Waals surface area contributed by atoms with Crippen molar-refractivity contribution >= 4 is 22.3 Å². The van der Waals surface area contributed by atoms with E-state index in [0.717, 1.165) is 5.39 Å². The van der Waals surface area contributed by atoms with Gasteiger partial charge in [0.2, 0.25) is 0 Å². The first-order valence-corrected chi connectivity index (χ1v) is 3.69. The van der Waals surface area contributed by atoms with E-state index in [2.05, 4.69) is 4.98 Å². The Morgan fingerprint density at radius 1 is 1.46 bits per heavy atom. The molecule has 0 saturated heterocycles. The van der Waals surface area contributed by atoms with Gasteiger partial charge in [0.15, 0.2) is 0 Å². The number of aromatic amines is 1. The molecule has 0 aliphatic rings. The maximum Gasteiger partial charge on any atom is 0.270 e. The highest BCUT2D eigenvalue weighted by Gasteiger charge is 2.08. The lowest BCUT2D eigenvalue weighted by Crippen LogP contribution is -1.88. The van der Waals surface area contributed by atoms with Gasteiger partial charge < -0.3 is 10.7 Å². The van der Waals surface area contributed by atoms with Crippen LogP contribution in [0.15, 0.2) is 24.4 Å². The van der Waals surface area contributed by atoms with Crippen molar-refractivity contribution in [2.75, 3.05) is 5.73 Å². The van der Waals surface area contributed by atoms with E-state index in [1.807, 2.05) is 0 Å². The Morgan fingerprint density at radius 2 is 2.23 bits per heavy atom. The van der Waals surface area contributed by atoms with E-state index in [9.17, 15) is 10.1 Å². The molecule has 3 N–H and O–H groups in total. The van der Waals surface area contributed by atoms with Crippen LogP contribution in [0.5, 0.6) is 0 Å². The zero-order chi connectivity index (χ0) is 9.42. The summed E-state index contributed by atoms with van der Waals surface area (Å²) in [5, 5.41) is 12.0. The van der Waals surface area contributed by atoms with Gasteiger partial charge in [0, 0.05) is 29.1 Å². The van der Waals surface area contributed by atoms with Gasteiger partial charge in [-0.2, -0.15) is 0 Å². The first-order valence-electron chi connectivity index (χ1n) is 3.69. The largest absolute Gasteiger partial charge is 0.385 e. The summed E-state index contributed by atoms with van der Waals surface area (Å²) in [6.45, 7) is 0. The smallest absolute Gasteiger partial charge is 0.270 e. The molecule has 5 nitrogen and oxygen atoms in total. The highest BCUT2D eigenvalue weighted by Crippen LogP contribution is 2.24. The van der Waals surface area contributed by atoms with E-state index in [1.165, 1.54) is 12.1 Å². The van der Waals surface area contributed by atoms with Crippen LogP contribution in [0, 0.1) is 10.1 Å². The number of nitro groups is 1.